The molecular weight excluding hydrogens is 230 g/mol. The zero-order valence-electron chi connectivity index (χ0n) is 13.3. The van der Waals surface area contributed by atoms with Gasteiger partial charge < -0.3 is 5.32 Å². The molecule has 2 aliphatic carbocycles. The van der Waals surface area contributed by atoms with Gasteiger partial charge in [0.25, 0.3) is 0 Å². The Labute approximate surface area is 120 Å². The van der Waals surface area contributed by atoms with Crippen molar-refractivity contribution in [1.82, 2.24) is 5.32 Å². The van der Waals surface area contributed by atoms with Gasteiger partial charge in [0.1, 0.15) is 0 Å². The van der Waals surface area contributed by atoms with Gasteiger partial charge in [-0.1, -0.05) is 58.3 Å². The number of fused-ring (bicyclic) bond motifs is 1. The van der Waals surface area contributed by atoms with E-state index in [-0.39, 0.29) is 0 Å². The highest BCUT2D eigenvalue weighted by Gasteiger charge is 2.52. The van der Waals surface area contributed by atoms with Crippen molar-refractivity contribution in [3.8, 4) is 0 Å². The molecule has 0 radical (unpaired) electrons. The quantitative estimate of drug-likeness (QED) is 0.509. The first-order valence-electron chi connectivity index (χ1n) is 8.94. The maximum atomic E-state index is 3.47. The second kappa shape index (κ2) is 7.67. The number of hydrogen-bond acceptors (Lipinski definition) is 1. The summed E-state index contributed by atoms with van der Waals surface area (Å²) in [5.74, 6) is 2.25. The first-order chi connectivity index (χ1) is 9.29. The van der Waals surface area contributed by atoms with Gasteiger partial charge in [0.2, 0.25) is 0 Å². The largest absolute Gasteiger partial charge is 0.319 e. The average molecular weight is 265 g/mol. The SMILES string of the molecule is CCCCCCCCCCC1(CNC)CC2CC2C1. The summed E-state index contributed by atoms with van der Waals surface area (Å²) >= 11 is 0. The lowest BCUT2D eigenvalue weighted by Gasteiger charge is -2.31. The third-order valence-electron chi connectivity index (χ3n) is 5.57. The van der Waals surface area contributed by atoms with Crippen LogP contribution < -0.4 is 5.32 Å². The highest BCUT2D eigenvalue weighted by atomic mass is 14.8. The standard InChI is InChI=1S/C18H35N/c1-3-4-5-6-7-8-9-10-11-18(15-19-2)13-16-12-17(16)14-18/h16-17,19H,3-15H2,1-2H3. The first kappa shape index (κ1) is 15.4. The summed E-state index contributed by atoms with van der Waals surface area (Å²) in [7, 11) is 2.14. The van der Waals surface area contributed by atoms with Crippen LogP contribution >= 0.6 is 0 Å². The van der Waals surface area contributed by atoms with Crippen LogP contribution in [0.1, 0.15) is 84.0 Å². The Morgan fingerprint density at radius 1 is 0.895 bits per heavy atom. The molecule has 0 aliphatic heterocycles. The van der Waals surface area contributed by atoms with E-state index in [4.69, 9.17) is 0 Å². The number of nitrogens with one attached hydrogen (secondary N) is 1. The lowest BCUT2D eigenvalue weighted by molar-refractivity contribution is 0.227. The lowest BCUT2D eigenvalue weighted by Crippen LogP contribution is -2.31. The fourth-order valence-corrected chi connectivity index (χ4v) is 4.45. The summed E-state index contributed by atoms with van der Waals surface area (Å²) in [4.78, 5) is 0. The molecule has 2 fully saturated rings. The van der Waals surface area contributed by atoms with Crippen molar-refractivity contribution in [3.63, 3.8) is 0 Å². The van der Waals surface area contributed by atoms with E-state index >= 15 is 0 Å². The van der Waals surface area contributed by atoms with E-state index in [1.54, 1.807) is 6.42 Å². The highest BCUT2D eigenvalue weighted by molar-refractivity contribution is 5.03. The average Bonchev–Trinajstić information content (AvgIpc) is 3.01. The maximum Gasteiger partial charge on any atom is 0.000501 e. The Morgan fingerprint density at radius 2 is 1.47 bits per heavy atom. The number of hydrogen-bond donors (Lipinski definition) is 1. The van der Waals surface area contributed by atoms with E-state index in [9.17, 15) is 0 Å². The van der Waals surface area contributed by atoms with Gasteiger partial charge in [-0.05, 0) is 50.0 Å². The molecule has 0 aromatic carbocycles. The molecule has 0 aromatic rings. The molecule has 0 saturated heterocycles. The van der Waals surface area contributed by atoms with E-state index in [2.05, 4.69) is 19.3 Å². The van der Waals surface area contributed by atoms with Gasteiger partial charge in [-0.3, -0.25) is 0 Å². The Morgan fingerprint density at radius 3 is 2.05 bits per heavy atom. The molecule has 1 N–H and O–H groups in total. The topological polar surface area (TPSA) is 12.0 Å². The zero-order valence-corrected chi connectivity index (χ0v) is 13.3. The summed E-state index contributed by atoms with van der Waals surface area (Å²) in [6.07, 6.45) is 17.8. The number of rotatable bonds is 11. The van der Waals surface area contributed by atoms with Gasteiger partial charge in [-0.15, -0.1) is 0 Å². The molecule has 1 heteroatoms. The molecule has 2 rings (SSSR count). The summed E-state index contributed by atoms with van der Waals surface area (Å²) in [6.45, 7) is 3.57. The highest BCUT2D eigenvalue weighted by Crippen LogP contribution is 2.61. The van der Waals surface area contributed by atoms with E-state index in [1.807, 2.05) is 0 Å². The van der Waals surface area contributed by atoms with Gasteiger partial charge in [-0.25, -0.2) is 0 Å². The molecule has 19 heavy (non-hydrogen) atoms. The van der Waals surface area contributed by atoms with Crippen molar-refractivity contribution in [2.75, 3.05) is 13.6 Å². The Kier molecular flexibility index (Phi) is 6.19. The minimum Gasteiger partial charge on any atom is -0.319 e. The fourth-order valence-electron chi connectivity index (χ4n) is 4.45. The lowest BCUT2D eigenvalue weighted by atomic mass is 9.78. The van der Waals surface area contributed by atoms with Crippen molar-refractivity contribution < 1.29 is 0 Å². The minimum absolute atomic E-state index is 0.699. The van der Waals surface area contributed by atoms with Gasteiger partial charge >= 0.3 is 0 Å². The third kappa shape index (κ3) is 4.77. The molecular formula is C18H35N. The van der Waals surface area contributed by atoms with Crippen LogP contribution in [0.2, 0.25) is 0 Å². The van der Waals surface area contributed by atoms with Crippen molar-refractivity contribution >= 4 is 0 Å². The van der Waals surface area contributed by atoms with E-state index in [1.165, 1.54) is 77.2 Å². The van der Waals surface area contributed by atoms with E-state index in [0.29, 0.717) is 5.41 Å². The number of unbranched alkanes of at least 4 members (excludes halogenated alkanes) is 7. The van der Waals surface area contributed by atoms with Crippen LogP contribution in [0, 0.1) is 17.3 Å². The molecule has 0 heterocycles. The van der Waals surface area contributed by atoms with Crippen LogP contribution in [-0.4, -0.2) is 13.6 Å². The maximum absolute atomic E-state index is 3.47. The molecule has 0 amide bonds. The minimum atomic E-state index is 0.699. The first-order valence-corrected chi connectivity index (χ1v) is 8.94. The fraction of sp³-hybridized carbons (Fsp3) is 1.00. The van der Waals surface area contributed by atoms with Crippen LogP contribution in [0.5, 0.6) is 0 Å². The van der Waals surface area contributed by atoms with E-state index in [0.717, 1.165) is 11.8 Å². The smallest absolute Gasteiger partial charge is 0.000501 e. The predicted octanol–water partition coefficient (Wildman–Crippen LogP) is 5.15. The summed E-state index contributed by atoms with van der Waals surface area (Å²) in [5, 5.41) is 3.47. The monoisotopic (exact) mass is 265 g/mol. The molecule has 0 bridgehead atoms. The molecule has 1 nitrogen and oxygen atoms in total. The van der Waals surface area contributed by atoms with Crippen molar-refractivity contribution in [2.24, 2.45) is 17.3 Å². The second-order valence-electron chi connectivity index (χ2n) is 7.42. The van der Waals surface area contributed by atoms with Crippen LogP contribution in [0.15, 0.2) is 0 Å². The molecule has 112 valence electrons. The van der Waals surface area contributed by atoms with Crippen molar-refractivity contribution in [3.05, 3.63) is 0 Å². The third-order valence-corrected chi connectivity index (χ3v) is 5.57. The van der Waals surface area contributed by atoms with Gasteiger partial charge in [0, 0.05) is 6.54 Å². The molecule has 2 aliphatic rings. The van der Waals surface area contributed by atoms with Crippen LogP contribution in [-0.2, 0) is 0 Å². The molecule has 2 atom stereocenters. The predicted molar refractivity (Wildman–Crippen MR) is 84.4 cm³/mol. The van der Waals surface area contributed by atoms with Crippen molar-refractivity contribution in [1.29, 1.82) is 0 Å². The van der Waals surface area contributed by atoms with Gasteiger partial charge in [-0.2, -0.15) is 0 Å². The van der Waals surface area contributed by atoms with Crippen LogP contribution in [0.25, 0.3) is 0 Å². The Bertz CT molecular complexity index is 238. The van der Waals surface area contributed by atoms with Crippen LogP contribution in [0.3, 0.4) is 0 Å². The summed E-state index contributed by atoms with van der Waals surface area (Å²) in [6, 6.07) is 0. The van der Waals surface area contributed by atoms with Gasteiger partial charge in [0.15, 0.2) is 0 Å². The summed E-state index contributed by atoms with van der Waals surface area (Å²) in [5.41, 5.74) is 0.699. The Hall–Kier alpha value is -0.0400. The van der Waals surface area contributed by atoms with Crippen molar-refractivity contribution in [2.45, 2.75) is 84.0 Å². The Balaban J connectivity index is 1.51. The molecule has 0 aromatic heterocycles. The zero-order chi connectivity index (χ0) is 13.6. The molecule has 2 unspecified atom stereocenters. The van der Waals surface area contributed by atoms with E-state index < -0.39 is 0 Å². The molecule has 2 saturated carbocycles. The van der Waals surface area contributed by atoms with Crippen LogP contribution in [0.4, 0.5) is 0 Å². The normalized spacial score (nSPS) is 32.5. The van der Waals surface area contributed by atoms with Gasteiger partial charge in [0.05, 0.1) is 0 Å². The second-order valence-corrected chi connectivity index (χ2v) is 7.42. The molecule has 0 spiro atoms. The summed E-state index contributed by atoms with van der Waals surface area (Å²) < 4.78 is 0.